The van der Waals surface area contributed by atoms with Crippen molar-refractivity contribution < 1.29 is 22.5 Å². The minimum absolute atomic E-state index is 0.199. The molecule has 0 aliphatic heterocycles. The normalized spacial score (nSPS) is 13.2. The molecule has 0 N–H and O–H groups in total. The Kier molecular flexibility index (Phi) is 10.4. The van der Waals surface area contributed by atoms with Crippen molar-refractivity contribution >= 4 is 109 Å². The molecule has 19 aromatic rings. The van der Waals surface area contributed by atoms with Gasteiger partial charge in [-0.05, 0) is 185 Å². The van der Waals surface area contributed by atoms with Crippen LogP contribution in [0.25, 0.3) is 186 Å². The van der Waals surface area contributed by atoms with Crippen LogP contribution in [0.1, 0.15) is 13.7 Å². The van der Waals surface area contributed by atoms with E-state index in [2.05, 4.69) is 158 Å². The smallest absolute Gasteiger partial charge is 0.136 e. The fourth-order valence-corrected chi connectivity index (χ4v) is 14.5. The molecule has 2 heterocycles. The Bertz CT molecular complexity index is 6600. The molecular weight excluding hydrogens is 1110 g/mol. The van der Waals surface area contributed by atoms with Gasteiger partial charge in [-0.1, -0.05) is 291 Å². The first-order chi connectivity index (χ1) is 49.8. The molecular formula is C90H56O2. The second-order valence-corrected chi connectivity index (χ2v) is 23.3. The predicted molar refractivity (Wildman–Crippen MR) is 391 cm³/mol. The first-order valence-electron chi connectivity index (χ1n) is 35.8. The van der Waals surface area contributed by atoms with Gasteiger partial charge in [0.15, 0.2) is 0 Å². The molecule has 2 aromatic heterocycles. The second-order valence-electron chi connectivity index (χ2n) is 23.3. The maximum Gasteiger partial charge on any atom is 0.136 e. The number of benzene rings is 17. The summed E-state index contributed by atoms with van der Waals surface area (Å²) in [6, 6.07) is 92.2. The monoisotopic (exact) mass is 1180 g/mol. The van der Waals surface area contributed by atoms with Crippen molar-refractivity contribution in [2.45, 2.75) is 0 Å². The molecule has 0 spiro atoms. The molecule has 2 nitrogen and oxygen atoms in total. The zero-order valence-electron chi connectivity index (χ0n) is 59.4. The Balaban J connectivity index is 0.000000147. The van der Waals surface area contributed by atoms with Gasteiger partial charge in [0, 0.05) is 27.1 Å². The topological polar surface area (TPSA) is 26.3 Å². The molecule has 0 saturated heterocycles. The van der Waals surface area contributed by atoms with Gasteiger partial charge in [0.25, 0.3) is 0 Å². The number of furan rings is 2. The van der Waals surface area contributed by atoms with E-state index in [1.165, 1.54) is 0 Å². The highest BCUT2D eigenvalue weighted by Gasteiger charge is 2.24. The van der Waals surface area contributed by atoms with Gasteiger partial charge in [0.05, 0.1) is 13.7 Å². The third kappa shape index (κ3) is 8.64. The van der Waals surface area contributed by atoms with E-state index in [4.69, 9.17) is 22.5 Å². The molecule has 0 radical (unpaired) electrons. The van der Waals surface area contributed by atoms with E-state index in [1.54, 1.807) is 0 Å². The lowest BCUT2D eigenvalue weighted by molar-refractivity contribution is 0.668. The lowest BCUT2D eigenvalue weighted by atomic mass is 9.83. The van der Waals surface area contributed by atoms with Crippen LogP contribution in [-0.4, -0.2) is 0 Å². The number of para-hydroxylation sites is 2. The summed E-state index contributed by atoms with van der Waals surface area (Å²) in [4.78, 5) is 0. The molecule has 0 aliphatic rings. The van der Waals surface area contributed by atoms with Crippen molar-refractivity contribution in [1.82, 2.24) is 0 Å². The van der Waals surface area contributed by atoms with Gasteiger partial charge >= 0.3 is 0 Å². The molecule has 92 heavy (non-hydrogen) atoms. The van der Waals surface area contributed by atoms with E-state index in [9.17, 15) is 0 Å². The minimum Gasteiger partial charge on any atom is -0.456 e. The van der Waals surface area contributed by atoms with Crippen LogP contribution >= 0.6 is 0 Å². The van der Waals surface area contributed by atoms with Gasteiger partial charge in [0.2, 0.25) is 0 Å². The van der Waals surface area contributed by atoms with Crippen LogP contribution in [0.5, 0.6) is 0 Å². The quantitative estimate of drug-likeness (QED) is 0.149. The number of rotatable bonds is 7. The highest BCUT2D eigenvalue weighted by atomic mass is 16.3. The molecule has 0 aliphatic carbocycles. The third-order valence-electron chi connectivity index (χ3n) is 18.3. The molecule has 0 bridgehead atoms. The SMILES string of the molecule is [2H]c1c([2H])c([2H])c(-c2c3ccccc3c(-c3cc(-c4c(-c5ccccc5)ccc5oc6ccccc6c45)cc4ccccc34)c3ccccc23)c([2H])c1[2H].[2H]c1c([2H])c([2H])c(-c2c3ccccc3c(-c3cc(-c4cccc5oc6ccccc6c45)cc4ccccc34)c3ccccc23)c([2H])c1[2H]. The fraction of sp³-hybridized carbons (Fsp3) is 0. The van der Waals surface area contributed by atoms with E-state index in [-0.39, 0.29) is 59.5 Å². The average Bonchev–Trinajstić information content (AvgIpc) is 0.775. The van der Waals surface area contributed by atoms with Crippen molar-refractivity contribution in [3.05, 3.63) is 339 Å². The second kappa shape index (κ2) is 21.9. The third-order valence-corrected chi connectivity index (χ3v) is 18.3. The molecule has 2 heteroatoms. The molecule has 0 amide bonds. The van der Waals surface area contributed by atoms with E-state index < -0.39 is 12.1 Å². The van der Waals surface area contributed by atoms with Crippen LogP contribution in [0.3, 0.4) is 0 Å². The van der Waals surface area contributed by atoms with E-state index in [0.717, 1.165) is 164 Å². The maximum atomic E-state index is 8.99. The Morgan fingerprint density at radius 2 is 0.565 bits per heavy atom. The largest absolute Gasteiger partial charge is 0.456 e. The van der Waals surface area contributed by atoms with E-state index in [0.29, 0.717) is 11.1 Å². The summed E-state index contributed by atoms with van der Waals surface area (Å²) in [6.07, 6.45) is 0. The Labute approximate surface area is 545 Å². The number of hydrogen-bond donors (Lipinski definition) is 0. The summed E-state index contributed by atoms with van der Waals surface area (Å²) in [7, 11) is 0. The van der Waals surface area contributed by atoms with Gasteiger partial charge in [-0.2, -0.15) is 0 Å². The summed E-state index contributed by atoms with van der Waals surface area (Å²) in [6.45, 7) is 0. The highest BCUT2D eigenvalue weighted by Crippen LogP contribution is 2.51. The zero-order chi connectivity index (χ0) is 69.3. The van der Waals surface area contributed by atoms with Crippen molar-refractivity contribution in [2.75, 3.05) is 0 Å². The molecule has 19 rings (SSSR count). The molecule has 17 aromatic carbocycles. The van der Waals surface area contributed by atoms with Crippen LogP contribution < -0.4 is 0 Å². The maximum absolute atomic E-state index is 8.99. The zero-order valence-corrected chi connectivity index (χ0v) is 49.4. The van der Waals surface area contributed by atoms with E-state index in [1.807, 2.05) is 121 Å². The molecule has 0 unspecified atom stereocenters. The summed E-state index contributed by atoms with van der Waals surface area (Å²) in [5.74, 6) is 0. The minimum atomic E-state index is -0.405. The molecule has 0 saturated carbocycles. The Morgan fingerprint density at radius 3 is 1.05 bits per heavy atom. The first-order valence-corrected chi connectivity index (χ1v) is 30.8. The fourth-order valence-electron chi connectivity index (χ4n) is 14.5. The van der Waals surface area contributed by atoms with Gasteiger partial charge in [-0.25, -0.2) is 0 Å². The lowest BCUT2D eigenvalue weighted by Gasteiger charge is -2.20. The molecule has 0 atom stereocenters. The number of fused-ring (bicyclic) bond motifs is 12. The molecule has 0 fully saturated rings. The van der Waals surface area contributed by atoms with Crippen LogP contribution in [0.2, 0.25) is 0 Å². The summed E-state index contributed by atoms with van der Waals surface area (Å²) in [5.41, 5.74) is 15.6. The van der Waals surface area contributed by atoms with Crippen molar-refractivity contribution in [3.8, 4) is 77.9 Å². The first kappa shape index (κ1) is 43.5. The van der Waals surface area contributed by atoms with Gasteiger partial charge in [0.1, 0.15) is 22.3 Å². The van der Waals surface area contributed by atoms with Crippen LogP contribution in [-0.2, 0) is 0 Å². The Hall–Kier alpha value is -12.1. The van der Waals surface area contributed by atoms with Gasteiger partial charge < -0.3 is 8.83 Å². The summed E-state index contributed by atoms with van der Waals surface area (Å²) in [5, 5.41) is 15.6. The van der Waals surface area contributed by atoms with Crippen molar-refractivity contribution in [1.29, 1.82) is 0 Å². The average molecular weight is 1180 g/mol. The predicted octanol–water partition coefficient (Wildman–Crippen LogP) is 25.8. The van der Waals surface area contributed by atoms with Crippen LogP contribution in [0, 0.1) is 0 Å². The molecule has 428 valence electrons. The number of hydrogen-bond acceptors (Lipinski definition) is 2. The van der Waals surface area contributed by atoms with E-state index >= 15 is 0 Å². The Morgan fingerprint density at radius 1 is 0.196 bits per heavy atom. The highest BCUT2D eigenvalue weighted by molar-refractivity contribution is 6.27. The van der Waals surface area contributed by atoms with Crippen molar-refractivity contribution in [3.63, 3.8) is 0 Å². The summed E-state index contributed by atoms with van der Waals surface area (Å²) < 4.78 is 99.0. The van der Waals surface area contributed by atoms with Gasteiger partial charge in [-0.3, -0.25) is 0 Å². The van der Waals surface area contributed by atoms with Gasteiger partial charge in [-0.15, -0.1) is 0 Å². The summed E-state index contributed by atoms with van der Waals surface area (Å²) >= 11 is 0. The lowest BCUT2D eigenvalue weighted by Crippen LogP contribution is -1.93. The van der Waals surface area contributed by atoms with Crippen LogP contribution in [0.15, 0.2) is 348 Å². The van der Waals surface area contributed by atoms with Crippen molar-refractivity contribution in [2.24, 2.45) is 0 Å². The van der Waals surface area contributed by atoms with Crippen LogP contribution in [0.4, 0.5) is 0 Å². The standard InChI is InChI=1S/C48H30O.C42H26O/c1-3-15-31(16-4-1)36-27-28-44-48(41-25-13-14-26-43(41)49-44)46(36)34-29-33-19-7-8-20-35(33)42(30-34)47-39-23-11-9-21-37(39)45(32-17-5-2-6-18-32)38-22-10-12-24-40(38)47;1-2-13-27(14-3-1)40-32-17-6-8-19-34(32)41(35-20-9-7-18-33(35)40)37-26-29(25-28-15-4-5-16-30(28)37)31-22-12-24-39-42(31)36-21-10-11-23-38(36)43-39/h1-30H;1-26H/i2D,5D,6D,17D,18D;1D,2D,3D,13D,14D.